The molecule has 0 aromatic heterocycles. The summed E-state index contributed by atoms with van der Waals surface area (Å²) in [6.07, 6.45) is -0.0622. The molecule has 27 heavy (non-hydrogen) atoms. The molecular weight excluding hydrogens is 398 g/mol. The number of halogens is 5. The molecule has 3 nitrogen and oxygen atoms in total. The van der Waals surface area contributed by atoms with Crippen LogP contribution in [0.5, 0.6) is 0 Å². The van der Waals surface area contributed by atoms with E-state index in [9.17, 15) is 13.2 Å². The summed E-state index contributed by atoms with van der Waals surface area (Å²) in [4.78, 5) is 2.03. The van der Waals surface area contributed by atoms with Crippen molar-refractivity contribution in [3.8, 4) is 0 Å². The standard InChI is InChI=1S/C19H22Cl2F3N3/c1-27(2)7-3-4-12-8-18(15(23)10-17(12)26-19(24)11-20)25-16-6-5-13(22)9-14(16)21/h5-6,8-10,19,25-26H,3-4,7,11H2,1-2H3. The molecule has 2 aromatic carbocycles. The number of benzene rings is 2. The molecule has 2 aromatic rings. The predicted octanol–water partition coefficient (Wildman–Crippen LogP) is 5.80. The lowest BCUT2D eigenvalue weighted by Crippen LogP contribution is -2.17. The first kappa shape index (κ1) is 21.7. The summed E-state index contributed by atoms with van der Waals surface area (Å²) in [5, 5.41) is 5.60. The van der Waals surface area contributed by atoms with Crippen LogP contribution in [0.25, 0.3) is 0 Å². The normalized spacial score (nSPS) is 12.3. The maximum absolute atomic E-state index is 14.5. The third kappa shape index (κ3) is 6.48. The molecule has 0 spiro atoms. The first-order chi connectivity index (χ1) is 12.8. The molecule has 0 amide bonds. The average molecular weight is 420 g/mol. The number of aryl methyl sites for hydroxylation is 1. The van der Waals surface area contributed by atoms with Crippen LogP contribution in [0.4, 0.5) is 30.2 Å². The monoisotopic (exact) mass is 419 g/mol. The Morgan fingerprint density at radius 2 is 1.81 bits per heavy atom. The number of anilines is 3. The van der Waals surface area contributed by atoms with Gasteiger partial charge in [0, 0.05) is 5.69 Å². The van der Waals surface area contributed by atoms with Gasteiger partial charge in [0.05, 0.1) is 22.3 Å². The highest BCUT2D eigenvalue weighted by Gasteiger charge is 2.14. The van der Waals surface area contributed by atoms with Crippen LogP contribution < -0.4 is 10.6 Å². The van der Waals surface area contributed by atoms with E-state index in [1.165, 1.54) is 18.2 Å². The van der Waals surface area contributed by atoms with Crippen LogP contribution in [0, 0.1) is 11.6 Å². The van der Waals surface area contributed by atoms with E-state index in [1.54, 1.807) is 6.07 Å². The molecule has 1 unspecified atom stereocenters. The van der Waals surface area contributed by atoms with Gasteiger partial charge in [-0.3, -0.25) is 0 Å². The Bertz CT molecular complexity index is 772. The fourth-order valence-corrected chi connectivity index (χ4v) is 2.88. The molecule has 148 valence electrons. The second kappa shape index (κ2) is 10.1. The molecule has 0 radical (unpaired) electrons. The lowest BCUT2D eigenvalue weighted by atomic mass is 10.1. The number of nitrogens with one attached hydrogen (secondary N) is 2. The van der Waals surface area contributed by atoms with Gasteiger partial charge in [-0.25, -0.2) is 13.2 Å². The van der Waals surface area contributed by atoms with Crippen molar-refractivity contribution in [2.45, 2.75) is 19.1 Å². The second-order valence-corrected chi connectivity index (χ2v) is 7.13. The Morgan fingerprint density at radius 1 is 1.07 bits per heavy atom. The molecule has 0 aliphatic carbocycles. The molecule has 0 saturated carbocycles. The highest BCUT2D eigenvalue weighted by molar-refractivity contribution is 6.33. The molecule has 0 aliphatic rings. The van der Waals surface area contributed by atoms with Crippen LogP contribution in [-0.4, -0.2) is 37.7 Å². The van der Waals surface area contributed by atoms with Gasteiger partial charge in [-0.15, -0.1) is 11.6 Å². The van der Waals surface area contributed by atoms with Crippen LogP contribution in [0.3, 0.4) is 0 Å². The first-order valence-electron chi connectivity index (χ1n) is 8.46. The second-order valence-electron chi connectivity index (χ2n) is 6.41. The lowest BCUT2D eigenvalue weighted by Gasteiger charge is -2.18. The highest BCUT2D eigenvalue weighted by Crippen LogP contribution is 2.31. The Labute approximate surface area is 167 Å². The first-order valence-corrected chi connectivity index (χ1v) is 9.37. The fraction of sp³-hybridized carbons (Fsp3) is 0.368. The van der Waals surface area contributed by atoms with E-state index in [1.807, 2.05) is 19.0 Å². The number of alkyl halides is 2. The van der Waals surface area contributed by atoms with Crippen molar-refractivity contribution in [2.75, 3.05) is 37.2 Å². The fourth-order valence-electron chi connectivity index (χ4n) is 2.58. The van der Waals surface area contributed by atoms with Crippen LogP contribution >= 0.6 is 23.2 Å². The van der Waals surface area contributed by atoms with Crippen LogP contribution in [0.15, 0.2) is 30.3 Å². The summed E-state index contributed by atoms with van der Waals surface area (Å²) >= 11 is 11.5. The molecule has 1 atom stereocenters. The van der Waals surface area contributed by atoms with Crippen molar-refractivity contribution in [3.05, 3.63) is 52.6 Å². The van der Waals surface area contributed by atoms with E-state index in [2.05, 4.69) is 10.6 Å². The van der Waals surface area contributed by atoms with Crippen molar-refractivity contribution in [2.24, 2.45) is 0 Å². The van der Waals surface area contributed by atoms with Gasteiger partial charge in [-0.05, 0) is 69.4 Å². The average Bonchev–Trinajstić information content (AvgIpc) is 2.60. The Kier molecular flexibility index (Phi) is 8.07. The zero-order chi connectivity index (χ0) is 20.0. The summed E-state index contributed by atoms with van der Waals surface area (Å²) in [5.41, 5.74) is 1.65. The van der Waals surface area contributed by atoms with Gasteiger partial charge in [0.2, 0.25) is 0 Å². The number of nitrogens with zero attached hydrogens (tertiary/aromatic N) is 1. The molecule has 0 saturated heterocycles. The summed E-state index contributed by atoms with van der Waals surface area (Å²) < 4.78 is 41.4. The van der Waals surface area contributed by atoms with Crippen molar-refractivity contribution >= 4 is 40.3 Å². The maximum Gasteiger partial charge on any atom is 0.183 e. The van der Waals surface area contributed by atoms with E-state index in [-0.39, 0.29) is 16.6 Å². The summed E-state index contributed by atoms with van der Waals surface area (Å²) in [6, 6.07) is 6.63. The Hall–Kier alpha value is -1.63. The minimum atomic E-state index is -1.48. The van der Waals surface area contributed by atoms with Crippen molar-refractivity contribution in [1.82, 2.24) is 4.90 Å². The Morgan fingerprint density at radius 3 is 2.44 bits per heavy atom. The van der Waals surface area contributed by atoms with Gasteiger partial charge in [0.25, 0.3) is 0 Å². The Balaban J connectivity index is 2.30. The number of rotatable bonds is 9. The molecule has 2 N–H and O–H groups in total. The van der Waals surface area contributed by atoms with E-state index in [0.29, 0.717) is 17.8 Å². The minimum Gasteiger partial charge on any atom is -0.355 e. The van der Waals surface area contributed by atoms with E-state index in [4.69, 9.17) is 23.2 Å². The lowest BCUT2D eigenvalue weighted by molar-refractivity contribution is 0.398. The summed E-state index contributed by atoms with van der Waals surface area (Å²) in [6.45, 7) is 0.831. The van der Waals surface area contributed by atoms with Crippen molar-refractivity contribution < 1.29 is 13.2 Å². The molecule has 8 heteroatoms. The zero-order valence-corrected chi connectivity index (χ0v) is 16.6. The van der Waals surface area contributed by atoms with Crippen LogP contribution in [0.2, 0.25) is 5.02 Å². The van der Waals surface area contributed by atoms with Crippen molar-refractivity contribution in [1.29, 1.82) is 0 Å². The van der Waals surface area contributed by atoms with Crippen molar-refractivity contribution in [3.63, 3.8) is 0 Å². The van der Waals surface area contributed by atoms with Gasteiger partial charge in [0.1, 0.15) is 11.6 Å². The number of hydrogen-bond acceptors (Lipinski definition) is 3. The zero-order valence-electron chi connectivity index (χ0n) is 15.1. The molecular formula is C19H22Cl2F3N3. The van der Waals surface area contributed by atoms with Gasteiger partial charge in [-0.1, -0.05) is 11.6 Å². The largest absolute Gasteiger partial charge is 0.355 e. The van der Waals surface area contributed by atoms with E-state index in [0.717, 1.165) is 24.6 Å². The maximum atomic E-state index is 14.5. The summed E-state index contributed by atoms with van der Waals surface area (Å²) in [7, 11) is 3.91. The van der Waals surface area contributed by atoms with Crippen LogP contribution in [-0.2, 0) is 6.42 Å². The third-order valence-corrected chi connectivity index (χ3v) is 4.48. The smallest absolute Gasteiger partial charge is 0.183 e. The van der Waals surface area contributed by atoms with E-state index >= 15 is 0 Å². The summed E-state index contributed by atoms with van der Waals surface area (Å²) in [5.74, 6) is -1.31. The van der Waals surface area contributed by atoms with E-state index < -0.39 is 17.9 Å². The topological polar surface area (TPSA) is 27.3 Å². The van der Waals surface area contributed by atoms with Gasteiger partial charge < -0.3 is 15.5 Å². The van der Waals surface area contributed by atoms with Gasteiger partial charge >= 0.3 is 0 Å². The minimum absolute atomic E-state index is 0.136. The molecule has 0 bridgehead atoms. The predicted molar refractivity (Wildman–Crippen MR) is 107 cm³/mol. The SMILES string of the molecule is CN(C)CCCc1cc(Nc2ccc(F)cc2Cl)c(F)cc1NC(F)CCl. The highest BCUT2D eigenvalue weighted by atomic mass is 35.5. The quantitative estimate of drug-likeness (QED) is 0.397. The molecule has 0 aliphatic heterocycles. The third-order valence-electron chi connectivity index (χ3n) is 3.89. The van der Waals surface area contributed by atoms with Gasteiger partial charge in [0.15, 0.2) is 6.30 Å². The molecule has 0 fully saturated rings. The van der Waals surface area contributed by atoms with Gasteiger partial charge in [-0.2, -0.15) is 0 Å². The van der Waals surface area contributed by atoms with Crippen LogP contribution in [0.1, 0.15) is 12.0 Å². The molecule has 0 heterocycles. The molecule has 2 rings (SSSR count). The number of hydrogen-bond donors (Lipinski definition) is 2.